The lowest BCUT2D eigenvalue weighted by Crippen LogP contribution is -2.46. The molecule has 0 bridgehead atoms. The summed E-state index contributed by atoms with van der Waals surface area (Å²) in [7, 11) is 1.81. The average molecular weight is 132 g/mol. The summed E-state index contributed by atoms with van der Waals surface area (Å²) in [5.41, 5.74) is -0.250. The van der Waals surface area contributed by atoms with Gasteiger partial charge < -0.3 is 10.6 Å². The van der Waals surface area contributed by atoms with Crippen LogP contribution in [0.1, 0.15) is 6.42 Å². The number of alkyl halides is 1. The quantitative estimate of drug-likeness (QED) is 0.548. The molecule has 3 heteroatoms. The van der Waals surface area contributed by atoms with E-state index in [1.54, 1.807) is 0 Å². The third-order valence-electron chi connectivity index (χ3n) is 2.03. The molecule has 1 heterocycles. The van der Waals surface area contributed by atoms with E-state index in [9.17, 15) is 4.39 Å². The van der Waals surface area contributed by atoms with Crippen LogP contribution in [0, 0.1) is 0 Å². The van der Waals surface area contributed by atoms with E-state index in [0.29, 0.717) is 0 Å². The Morgan fingerprint density at radius 1 is 1.78 bits per heavy atom. The summed E-state index contributed by atoms with van der Waals surface area (Å²) in [6, 6.07) is 0. The predicted octanol–water partition coefficient (Wildman–Crippen LogP) is -0.0926. The van der Waals surface area contributed by atoms with E-state index < -0.39 is 0 Å². The van der Waals surface area contributed by atoms with Crippen molar-refractivity contribution in [3.8, 4) is 0 Å². The van der Waals surface area contributed by atoms with Gasteiger partial charge in [0.25, 0.3) is 0 Å². The summed E-state index contributed by atoms with van der Waals surface area (Å²) < 4.78 is 12.3. The smallest absolute Gasteiger partial charge is 0.109 e. The molecule has 0 radical (unpaired) electrons. The van der Waals surface area contributed by atoms with E-state index in [2.05, 4.69) is 10.6 Å². The Balaban J connectivity index is 2.45. The van der Waals surface area contributed by atoms with E-state index in [-0.39, 0.29) is 12.2 Å². The molecule has 1 rings (SSSR count). The number of nitrogens with one attached hydrogen (secondary N) is 2. The van der Waals surface area contributed by atoms with Crippen molar-refractivity contribution >= 4 is 0 Å². The van der Waals surface area contributed by atoms with E-state index in [1.165, 1.54) is 0 Å². The molecule has 1 saturated heterocycles. The zero-order valence-corrected chi connectivity index (χ0v) is 5.71. The fourth-order valence-electron chi connectivity index (χ4n) is 1.14. The minimum atomic E-state index is -0.267. The van der Waals surface area contributed by atoms with Gasteiger partial charge in [-0.3, -0.25) is 0 Å². The molecular weight excluding hydrogens is 119 g/mol. The van der Waals surface area contributed by atoms with Crippen LogP contribution in [-0.4, -0.2) is 32.4 Å². The number of likely N-dealkylation sites (N-methyl/N-ethyl adjacent to an activating group) is 1. The van der Waals surface area contributed by atoms with Gasteiger partial charge in [0, 0.05) is 6.54 Å². The monoisotopic (exact) mass is 132 g/mol. The maximum Gasteiger partial charge on any atom is 0.109 e. The van der Waals surface area contributed by atoms with Crippen molar-refractivity contribution in [2.45, 2.75) is 12.0 Å². The lowest BCUT2D eigenvalue weighted by atomic mass is 10.0. The van der Waals surface area contributed by atoms with Gasteiger partial charge >= 0.3 is 0 Å². The van der Waals surface area contributed by atoms with Gasteiger partial charge in [-0.25, -0.2) is 4.39 Å². The number of halogens is 1. The summed E-state index contributed by atoms with van der Waals surface area (Å²) >= 11 is 0. The summed E-state index contributed by atoms with van der Waals surface area (Å²) in [5.74, 6) is 0. The molecule has 1 fully saturated rings. The van der Waals surface area contributed by atoms with Gasteiger partial charge in [0.05, 0.1) is 5.54 Å². The highest BCUT2D eigenvalue weighted by Crippen LogP contribution is 2.13. The van der Waals surface area contributed by atoms with E-state index in [4.69, 9.17) is 0 Å². The fourth-order valence-corrected chi connectivity index (χ4v) is 1.14. The standard InChI is InChI=1S/C6H13FN2/c1-8-6(4-7)2-3-9-5-6/h8-9H,2-5H2,1H3. The van der Waals surface area contributed by atoms with Gasteiger partial charge in [-0.1, -0.05) is 0 Å². The molecule has 0 aromatic carbocycles. The molecule has 0 aromatic heterocycles. The maximum absolute atomic E-state index is 12.3. The van der Waals surface area contributed by atoms with Gasteiger partial charge in [0.2, 0.25) is 0 Å². The van der Waals surface area contributed by atoms with Gasteiger partial charge in [-0.15, -0.1) is 0 Å². The van der Waals surface area contributed by atoms with Crippen LogP contribution >= 0.6 is 0 Å². The Hall–Kier alpha value is -0.150. The zero-order valence-electron chi connectivity index (χ0n) is 5.71. The molecule has 54 valence electrons. The largest absolute Gasteiger partial charge is 0.315 e. The Morgan fingerprint density at radius 3 is 2.78 bits per heavy atom. The highest BCUT2D eigenvalue weighted by Gasteiger charge is 2.31. The first-order valence-electron chi connectivity index (χ1n) is 3.29. The molecule has 0 aromatic rings. The molecule has 0 aliphatic carbocycles. The van der Waals surface area contributed by atoms with Gasteiger partial charge in [-0.05, 0) is 20.0 Å². The molecule has 0 spiro atoms. The second-order valence-corrected chi connectivity index (χ2v) is 2.59. The van der Waals surface area contributed by atoms with Crippen LogP contribution in [0.3, 0.4) is 0 Å². The average Bonchev–Trinajstić information content (AvgIpc) is 2.36. The highest BCUT2D eigenvalue weighted by atomic mass is 19.1. The van der Waals surface area contributed by atoms with Crippen molar-refractivity contribution in [1.82, 2.24) is 10.6 Å². The highest BCUT2D eigenvalue weighted by molar-refractivity contribution is 4.94. The lowest BCUT2D eigenvalue weighted by molar-refractivity contribution is 0.281. The summed E-state index contributed by atoms with van der Waals surface area (Å²) in [4.78, 5) is 0. The van der Waals surface area contributed by atoms with Crippen molar-refractivity contribution in [2.24, 2.45) is 0 Å². The molecule has 1 atom stereocenters. The van der Waals surface area contributed by atoms with Crippen molar-refractivity contribution in [3.63, 3.8) is 0 Å². The molecule has 9 heavy (non-hydrogen) atoms. The molecule has 0 saturated carbocycles. The molecule has 1 aliphatic rings. The van der Waals surface area contributed by atoms with Crippen LogP contribution in [0.5, 0.6) is 0 Å². The van der Waals surface area contributed by atoms with Gasteiger partial charge in [-0.2, -0.15) is 0 Å². The molecule has 1 unspecified atom stereocenters. The van der Waals surface area contributed by atoms with Gasteiger partial charge in [0.15, 0.2) is 0 Å². The molecule has 0 amide bonds. The first-order chi connectivity index (χ1) is 4.33. The van der Waals surface area contributed by atoms with Crippen LogP contribution in [0.25, 0.3) is 0 Å². The number of hydrogen-bond acceptors (Lipinski definition) is 2. The minimum Gasteiger partial charge on any atom is -0.315 e. The third kappa shape index (κ3) is 1.22. The van der Waals surface area contributed by atoms with E-state index >= 15 is 0 Å². The minimum absolute atomic E-state index is 0.250. The van der Waals surface area contributed by atoms with Crippen molar-refractivity contribution in [3.05, 3.63) is 0 Å². The Bertz CT molecular complexity index is 83.1. The molecule has 2 N–H and O–H groups in total. The second kappa shape index (κ2) is 2.62. The second-order valence-electron chi connectivity index (χ2n) is 2.59. The molecular formula is C6H13FN2. The van der Waals surface area contributed by atoms with Crippen LogP contribution in [0.15, 0.2) is 0 Å². The van der Waals surface area contributed by atoms with E-state index in [0.717, 1.165) is 19.5 Å². The molecule has 1 aliphatic heterocycles. The Kier molecular flexibility index (Phi) is 2.03. The van der Waals surface area contributed by atoms with Crippen molar-refractivity contribution < 1.29 is 4.39 Å². The summed E-state index contributed by atoms with van der Waals surface area (Å²) in [6.45, 7) is 1.43. The normalized spacial score (nSPS) is 35.3. The first kappa shape index (κ1) is 6.96. The number of rotatable bonds is 2. The lowest BCUT2D eigenvalue weighted by Gasteiger charge is -2.22. The molecule has 2 nitrogen and oxygen atoms in total. The van der Waals surface area contributed by atoms with Crippen molar-refractivity contribution in [1.29, 1.82) is 0 Å². The topological polar surface area (TPSA) is 24.1 Å². The Labute approximate surface area is 54.8 Å². The van der Waals surface area contributed by atoms with Crippen LogP contribution in [0.4, 0.5) is 4.39 Å². The van der Waals surface area contributed by atoms with Gasteiger partial charge in [0.1, 0.15) is 6.67 Å². The Morgan fingerprint density at radius 2 is 2.56 bits per heavy atom. The van der Waals surface area contributed by atoms with Crippen LogP contribution in [0.2, 0.25) is 0 Å². The first-order valence-corrected chi connectivity index (χ1v) is 3.29. The van der Waals surface area contributed by atoms with Crippen LogP contribution in [-0.2, 0) is 0 Å². The zero-order chi connectivity index (χ0) is 6.74. The van der Waals surface area contributed by atoms with Crippen LogP contribution < -0.4 is 10.6 Å². The summed E-state index contributed by atoms with van der Waals surface area (Å²) in [5, 5.41) is 6.10. The fraction of sp³-hybridized carbons (Fsp3) is 1.00. The van der Waals surface area contributed by atoms with E-state index in [1.807, 2.05) is 7.05 Å². The number of hydrogen-bond donors (Lipinski definition) is 2. The van der Waals surface area contributed by atoms with Crippen molar-refractivity contribution in [2.75, 3.05) is 26.8 Å². The maximum atomic E-state index is 12.3. The predicted molar refractivity (Wildman–Crippen MR) is 35.3 cm³/mol. The third-order valence-corrected chi connectivity index (χ3v) is 2.03. The SMILES string of the molecule is CNC1(CF)CCNC1. The summed E-state index contributed by atoms with van der Waals surface area (Å²) in [6.07, 6.45) is 0.903.